The predicted octanol–water partition coefficient (Wildman–Crippen LogP) is 5.28. The molecule has 0 saturated carbocycles. The molecule has 2 aromatic rings. The second kappa shape index (κ2) is 9.35. The van der Waals surface area contributed by atoms with Crippen LogP contribution in [0, 0.1) is 0 Å². The molecule has 0 atom stereocenters. The Balaban J connectivity index is 1.77. The standard InChI is InChI=1S/C20H16Cl2N2O4S/c1-2-28-19(26)12-6-3-4-9-16(12)23-11-24-18(25)17(29-20(24)27)10-13-14(21)7-5-8-15(13)22/h3-10,23H,2,11H2,1H3. The first-order valence-electron chi connectivity index (χ1n) is 8.61. The van der Waals surface area contributed by atoms with Gasteiger partial charge in [0.05, 0.1) is 29.4 Å². The van der Waals surface area contributed by atoms with E-state index in [1.807, 2.05) is 0 Å². The number of hydrogen-bond donors (Lipinski definition) is 1. The lowest BCUT2D eigenvalue weighted by Crippen LogP contribution is -2.33. The molecule has 1 fully saturated rings. The third-order valence-corrected chi connectivity index (χ3v) is 5.57. The molecule has 1 saturated heterocycles. The number of para-hydroxylation sites is 1. The Morgan fingerprint density at radius 2 is 1.83 bits per heavy atom. The predicted molar refractivity (Wildman–Crippen MR) is 115 cm³/mol. The van der Waals surface area contributed by atoms with Gasteiger partial charge in [-0.2, -0.15) is 0 Å². The van der Waals surface area contributed by atoms with Gasteiger partial charge in [-0.25, -0.2) is 4.79 Å². The zero-order valence-electron chi connectivity index (χ0n) is 15.3. The largest absolute Gasteiger partial charge is 0.462 e. The molecule has 2 aromatic carbocycles. The monoisotopic (exact) mass is 450 g/mol. The molecule has 0 aliphatic carbocycles. The van der Waals surface area contributed by atoms with Crippen molar-refractivity contribution in [1.82, 2.24) is 4.90 Å². The zero-order chi connectivity index (χ0) is 21.0. The van der Waals surface area contributed by atoms with Crippen LogP contribution in [0.4, 0.5) is 10.5 Å². The summed E-state index contributed by atoms with van der Waals surface area (Å²) >= 11 is 13.1. The second-order valence-electron chi connectivity index (χ2n) is 5.85. The molecule has 0 bridgehead atoms. The van der Waals surface area contributed by atoms with Crippen LogP contribution in [0.25, 0.3) is 6.08 Å². The van der Waals surface area contributed by atoms with Crippen LogP contribution >= 0.6 is 35.0 Å². The van der Waals surface area contributed by atoms with E-state index >= 15 is 0 Å². The molecule has 1 N–H and O–H groups in total. The van der Waals surface area contributed by atoms with Gasteiger partial charge in [0, 0.05) is 15.6 Å². The summed E-state index contributed by atoms with van der Waals surface area (Å²) in [6, 6.07) is 11.7. The number of anilines is 1. The van der Waals surface area contributed by atoms with Crippen LogP contribution in [0.2, 0.25) is 10.0 Å². The van der Waals surface area contributed by atoms with Crippen molar-refractivity contribution in [3.63, 3.8) is 0 Å². The molecule has 0 aromatic heterocycles. The van der Waals surface area contributed by atoms with Crippen LogP contribution in [0.3, 0.4) is 0 Å². The number of benzene rings is 2. The van der Waals surface area contributed by atoms with E-state index in [1.54, 1.807) is 49.4 Å². The highest BCUT2D eigenvalue weighted by Crippen LogP contribution is 2.35. The van der Waals surface area contributed by atoms with E-state index < -0.39 is 17.1 Å². The summed E-state index contributed by atoms with van der Waals surface area (Å²) in [7, 11) is 0. The maximum atomic E-state index is 12.7. The van der Waals surface area contributed by atoms with Crippen molar-refractivity contribution >= 4 is 63.8 Å². The lowest BCUT2D eigenvalue weighted by molar-refractivity contribution is -0.122. The van der Waals surface area contributed by atoms with Gasteiger partial charge in [-0.15, -0.1) is 0 Å². The molecule has 0 unspecified atom stereocenters. The number of carbonyl (C=O) groups excluding carboxylic acids is 3. The molecule has 0 radical (unpaired) electrons. The molecule has 150 valence electrons. The molecule has 9 heteroatoms. The van der Waals surface area contributed by atoms with Crippen LogP contribution in [-0.4, -0.2) is 35.3 Å². The van der Waals surface area contributed by atoms with Crippen molar-refractivity contribution in [2.45, 2.75) is 6.92 Å². The SMILES string of the molecule is CCOC(=O)c1ccccc1NCN1C(=O)SC(=Cc2c(Cl)cccc2Cl)C1=O. The van der Waals surface area contributed by atoms with E-state index in [9.17, 15) is 14.4 Å². The number of nitrogens with zero attached hydrogens (tertiary/aromatic N) is 1. The van der Waals surface area contributed by atoms with Crippen LogP contribution in [0.1, 0.15) is 22.8 Å². The summed E-state index contributed by atoms with van der Waals surface area (Å²) in [5, 5.41) is 3.27. The first kappa shape index (κ1) is 21.2. The number of ether oxygens (including phenoxy) is 1. The molecule has 1 aliphatic rings. The Morgan fingerprint density at radius 3 is 2.52 bits per heavy atom. The highest BCUT2D eigenvalue weighted by Gasteiger charge is 2.35. The van der Waals surface area contributed by atoms with Crippen LogP contribution in [0.15, 0.2) is 47.4 Å². The van der Waals surface area contributed by atoms with Crippen molar-refractivity contribution in [3.05, 3.63) is 68.5 Å². The van der Waals surface area contributed by atoms with Crippen molar-refractivity contribution in [1.29, 1.82) is 0 Å². The quantitative estimate of drug-likeness (QED) is 0.476. The van der Waals surface area contributed by atoms with Crippen LogP contribution < -0.4 is 5.32 Å². The average molecular weight is 451 g/mol. The van der Waals surface area contributed by atoms with E-state index in [0.717, 1.165) is 16.7 Å². The number of rotatable bonds is 6. The Kier molecular flexibility index (Phi) is 6.84. The number of imide groups is 1. The number of hydrogen-bond acceptors (Lipinski definition) is 6. The van der Waals surface area contributed by atoms with Crippen LogP contribution in [-0.2, 0) is 9.53 Å². The first-order chi connectivity index (χ1) is 13.9. The molecular formula is C20H16Cl2N2O4S. The van der Waals surface area contributed by atoms with Gasteiger partial charge in [0.15, 0.2) is 0 Å². The van der Waals surface area contributed by atoms with Gasteiger partial charge in [-0.3, -0.25) is 14.5 Å². The molecule has 0 spiro atoms. The molecule has 1 heterocycles. The van der Waals surface area contributed by atoms with E-state index in [1.165, 1.54) is 6.08 Å². The highest BCUT2D eigenvalue weighted by atomic mass is 35.5. The van der Waals surface area contributed by atoms with Crippen molar-refractivity contribution in [2.24, 2.45) is 0 Å². The molecule has 29 heavy (non-hydrogen) atoms. The fourth-order valence-electron chi connectivity index (χ4n) is 2.60. The summed E-state index contributed by atoms with van der Waals surface area (Å²) in [5.74, 6) is -0.963. The van der Waals surface area contributed by atoms with Gasteiger partial charge in [0.1, 0.15) is 0 Å². The third kappa shape index (κ3) is 4.75. The topological polar surface area (TPSA) is 75.7 Å². The minimum Gasteiger partial charge on any atom is -0.462 e. The fourth-order valence-corrected chi connectivity index (χ4v) is 3.93. The number of esters is 1. The van der Waals surface area contributed by atoms with Crippen LogP contribution in [0.5, 0.6) is 0 Å². The Bertz CT molecular complexity index is 989. The molecule has 1 aliphatic heterocycles. The first-order valence-corrected chi connectivity index (χ1v) is 10.2. The summed E-state index contributed by atoms with van der Waals surface area (Å²) in [6.45, 7) is 1.85. The number of thioether (sulfide) groups is 1. The summed E-state index contributed by atoms with van der Waals surface area (Å²) in [6.07, 6.45) is 1.50. The molecule has 3 rings (SSSR count). The minimum absolute atomic E-state index is 0.103. The number of halogens is 2. The minimum atomic E-state index is -0.488. The maximum Gasteiger partial charge on any atom is 0.340 e. The third-order valence-electron chi connectivity index (χ3n) is 4.00. The van der Waals surface area contributed by atoms with Gasteiger partial charge in [0.2, 0.25) is 0 Å². The summed E-state index contributed by atoms with van der Waals surface area (Å²) in [4.78, 5) is 38.3. The maximum absolute atomic E-state index is 12.7. The van der Waals surface area contributed by atoms with E-state index in [2.05, 4.69) is 5.32 Å². The van der Waals surface area contributed by atoms with E-state index in [0.29, 0.717) is 26.9 Å². The van der Waals surface area contributed by atoms with Gasteiger partial charge in [0.25, 0.3) is 11.1 Å². The Labute approximate surface area is 181 Å². The van der Waals surface area contributed by atoms with Crippen molar-refractivity contribution in [2.75, 3.05) is 18.6 Å². The van der Waals surface area contributed by atoms with Crippen molar-refractivity contribution in [3.8, 4) is 0 Å². The van der Waals surface area contributed by atoms with Crippen molar-refractivity contribution < 1.29 is 19.1 Å². The van der Waals surface area contributed by atoms with Gasteiger partial charge >= 0.3 is 5.97 Å². The zero-order valence-corrected chi connectivity index (χ0v) is 17.6. The second-order valence-corrected chi connectivity index (χ2v) is 7.65. The molecular weight excluding hydrogens is 435 g/mol. The Morgan fingerprint density at radius 1 is 1.14 bits per heavy atom. The summed E-state index contributed by atoms with van der Waals surface area (Å²) < 4.78 is 5.02. The normalized spacial score (nSPS) is 15.1. The fraction of sp³-hybridized carbons (Fsp3) is 0.150. The van der Waals surface area contributed by atoms with E-state index in [4.69, 9.17) is 27.9 Å². The smallest absolute Gasteiger partial charge is 0.340 e. The van der Waals surface area contributed by atoms with Gasteiger partial charge < -0.3 is 10.1 Å². The lowest BCUT2D eigenvalue weighted by Gasteiger charge is -2.16. The number of nitrogens with one attached hydrogen (secondary N) is 1. The number of carbonyl (C=O) groups is 3. The molecule has 6 nitrogen and oxygen atoms in total. The highest BCUT2D eigenvalue weighted by molar-refractivity contribution is 8.18. The van der Waals surface area contributed by atoms with Gasteiger partial charge in [-0.1, -0.05) is 41.4 Å². The summed E-state index contributed by atoms with van der Waals surface area (Å²) in [5.41, 5.74) is 1.25. The van der Waals surface area contributed by atoms with Gasteiger partial charge in [-0.05, 0) is 49.0 Å². The lowest BCUT2D eigenvalue weighted by atomic mass is 10.2. The van der Waals surface area contributed by atoms with E-state index in [-0.39, 0.29) is 18.2 Å². The average Bonchev–Trinajstić information content (AvgIpc) is 2.96. The Hall–Kier alpha value is -2.48. The molecule has 2 amide bonds. The number of amides is 2.